The van der Waals surface area contributed by atoms with Crippen LogP contribution in [0.1, 0.15) is 74.8 Å². The van der Waals surface area contributed by atoms with Gasteiger partial charge in [-0.15, -0.1) is 0 Å². The number of hydrogen-bond donors (Lipinski definition) is 1. The number of likely N-dealkylation sites (tertiary alicyclic amines) is 1. The number of anilines is 1. The van der Waals surface area contributed by atoms with Gasteiger partial charge in [0, 0.05) is 37.5 Å². The van der Waals surface area contributed by atoms with E-state index in [1.807, 2.05) is 43.3 Å². The number of hydrogen-bond acceptors (Lipinski definition) is 6. The smallest absolute Gasteiger partial charge is 0.295 e. The number of ketones is 1. The first-order valence-electron chi connectivity index (χ1n) is 13.7. The second kappa shape index (κ2) is 11.6. The van der Waals surface area contributed by atoms with E-state index in [0.717, 1.165) is 54.1 Å². The Bertz CT molecular complexity index is 1210. The number of amides is 1. The van der Waals surface area contributed by atoms with Crippen LogP contribution in [0.2, 0.25) is 0 Å². The molecular formula is C31H40N2O5. The van der Waals surface area contributed by atoms with Gasteiger partial charge in [0.2, 0.25) is 0 Å². The number of ether oxygens (including phenoxy) is 2. The highest BCUT2D eigenvalue weighted by Gasteiger charge is 2.47. The summed E-state index contributed by atoms with van der Waals surface area (Å²) in [7, 11) is 1.62. The van der Waals surface area contributed by atoms with E-state index in [9.17, 15) is 14.7 Å². The van der Waals surface area contributed by atoms with Crippen LogP contribution in [-0.2, 0) is 14.3 Å². The third-order valence-electron chi connectivity index (χ3n) is 7.76. The van der Waals surface area contributed by atoms with Crippen molar-refractivity contribution in [3.8, 4) is 5.75 Å². The van der Waals surface area contributed by atoms with Gasteiger partial charge in [-0.1, -0.05) is 26.0 Å². The van der Waals surface area contributed by atoms with E-state index >= 15 is 0 Å². The van der Waals surface area contributed by atoms with Crippen molar-refractivity contribution in [3.63, 3.8) is 0 Å². The van der Waals surface area contributed by atoms with Gasteiger partial charge in [0.25, 0.3) is 11.7 Å². The van der Waals surface area contributed by atoms with E-state index in [1.54, 1.807) is 12.0 Å². The molecule has 1 amide bonds. The lowest BCUT2D eigenvalue weighted by molar-refractivity contribution is -0.140. The zero-order valence-corrected chi connectivity index (χ0v) is 23.4. The molecule has 1 N–H and O–H groups in total. The summed E-state index contributed by atoms with van der Waals surface area (Å²) in [4.78, 5) is 30.7. The second-order valence-electron chi connectivity index (χ2n) is 10.4. The van der Waals surface area contributed by atoms with Crippen LogP contribution in [0.15, 0.2) is 42.0 Å². The average Bonchev–Trinajstić information content (AvgIpc) is 3.51. The van der Waals surface area contributed by atoms with Crippen LogP contribution in [0, 0.1) is 6.92 Å². The Morgan fingerprint density at radius 1 is 1.16 bits per heavy atom. The van der Waals surface area contributed by atoms with Gasteiger partial charge in [0.1, 0.15) is 11.5 Å². The summed E-state index contributed by atoms with van der Waals surface area (Å²) in [5.74, 6) is -0.549. The average molecular weight is 521 g/mol. The monoisotopic (exact) mass is 520 g/mol. The largest absolute Gasteiger partial charge is 0.507 e. The maximum atomic E-state index is 13.5. The molecule has 2 heterocycles. The molecule has 2 atom stereocenters. The summed E-state index contributed by atoms with van der Waals surface area (Å²) in [5, 5.41) is 11.7. The molecule has 0 saturated carbocycles. The number of carbonyl (C=O) groups excluding carboxylic acids is 2. The van der Waals surface area contributed by atoms with Crippen LogP contribution in [-0.4, -0.2) is 61.2 Å². The van der Waals surface area contributed by atoms with Crippen molar-refractivity contribution < 1.29 is 24.2 Å². The van der Waals surface area contributed by atoms with E-state index in [2.05, 4.69) is 32.6 Å². The van der Waals surface area contributed by atoms with Gasteiger partial charge in [-0.25, -0.2) is 0 Å². The molecule has 7 nitrogen and oxygen atoms in total. The molecule has 0 spiro atoms. The molecule has 7 heteroatoms. The first-order chi connectivity index (χ1) is 18.2. The molecule has 2 unspecified atom stereocenters. The Kier molecular flexibility index (Phi) is 8.46. The molecule has 2 aliphatic rings. The fourth-order valence-electron chi connectivity index (χ4n) is 5.61. The van der Waals surface area contributed by atoms with Crippen molar-refractivity contribution in [2.75, 3.05) is 38.3 Å². The molecule has 0 radical (unpaired) electrons. The van der Waals surface area contributed by atoms with E-state index in [4.69, 9.17) is 9.47 Å². The molecular weight excluding hydrogens is 480 g/mol. The summed E-state index contributed by atoms with van der Waals surface area (Å²) in [6, 6.07) is 11.0. The zero-order valence-electron chi connectivity index (χ0n) is 23.4. The highest BCUT2D eigenvalue weighted by atomic mass is 16.5. The minimum atomic E-state index is -0.700. The predicted octanol–water partition coefficient (Wildman–Crippen LogP) is 5.57. The van der Waals surface area contributed by atoms with Crippen LogP contribution < -0.4 is 9.64 Å². The van der Waals surface area contributed by atoms with E-state index in [0.29, 0.717) is 18.7 Å². The minimum absolute atomic E-state index is 0.117. The number of aryl methyl sites for hydroxylation is 1. The van der Waals surface area contributed by atoms with E-state index in [1.165, 1.54) is 0 Å². The predicted molar refractivity (Wildman–Crippen MR) is 150 cm³/mol. The lowest BCUT2D eigenvalue weighted by Crippen LogP contribution is -2.36. The number of aliphatic hydroxyl groups excluding tert-OH is 1. The first kappa shape index (κ1) is 27.7. The molecule has 2 saturated heterocycles. The van der Waals surface area contributed by atoms with Gasteiger partial charge in [-0.05, 0) is 80.5 Å². The minimum Gasteiger partial charge on any atom is -0.507 e. The van der Waals surface area contributed by atoms with Gasteiger partial charge in [-0.2, -0.15) is 0 Å². The molecule has 0 aromatic heterocycles. The molecule has 2 fully saturated rings. The summed E-state index contributed by atoms with van der Waals surface area (Å²) in [6.45, 7) is 12.9. The van der Waals surface area contributed by atoms with Crippen LogP contribution in [0.25, 0.3) is 5.76 Å². The third-order valence-corrected chi connectivity index (χ3v) is 7.76. The van der Waals surface area contributed by atoms with Crippen LogP contribution in [0.3, 0.4) is 0 Å². The summed E-state index contributed by atoms with van der Waals surface area (Å²) in [6.07, 6.45) is 1.65. The number of rotatable bonds is 9. The van der Waals surface area contributed by atoms with Gasteiger partial charge in [-0.3, -0.25) is 9.59 Å². The van der Waals surface area contributed by atoms with Crippen molar-refractivity contribution in [1.82, 2.24) is 4.90 Å². The highest BCUT2D eigenvalue weighted by molar-refractivity contribution is 6.46. The van der Waals surface area contributed by atoms with Crippen molar-refractivity contribution >= 4 is 23.1 Å². The Labute approximate surface area is 226 Å². The van der Waals surface area contributed by atoms with Crippen molar-refractivity contribution in [3.05, 3.63) is 64.2 Å². The quantitative estimate of drug-likeness (QED) is 0.264. The van der Waals surface area contributed by atoms with Crippen LogP contribution in [0.4, 0.5) is 5.69 Å². The molecule has 2 aliphatic heterocycles. The Hall–Kier alpha value is -3.32. The Balaban J connectivity index is 1.86. The third kappa shape index (κ3) is 5.17. The normalized spacial score (nSPS) is 21.0. The Morgan fingerprint density at radius 2 is 1.84 bits per heavy atom. The van der Waals surface area contributed by atoms with E-state index in [-0.39, 0.29) is 23.4 Å². The van der Waals surface area contributed by atoms with Crippen molar-refractivity contribution in [1.29, 1.82) is 0 Å². The van der Waals surface area contributed by atoms with Gasteiger partial charge in [0.05, 0.1) is 24.8 Å². The maximum Gasteiger partial charge on any atom is 0.295 e. The van der Waals surface area contributed by atoms with E-state index < -0.39 is 17.7 Å². The number of carbonyl (C=O) groups is 2. The van der Waals surface area contributed by atoms with Crippen LogP contribution >= 0.6 is 0 Å². The number of nitrogens with zero attached hydrogens (tertiary/aromatic N) is 2. The van der Waals surface area contributed by atoms with Gasteiger partial charge >= 0.3 is 0 Å². The summed E-state index contributed by atoms with van der Waals surface area (Å²) < 4.78 is 11.4. The highest BCUT2D eigenvalue weighted by Crippen LogP contribution is 2.42. The molecule has 2 aromatic carbocycles. The number of aliphatic hydroxyl groups is 1. The molecule has 204 valence electrons. The number of benzene rings is 2. The Morgan fingerprint density at radius 3 is 2.39 bits per heavy atom. The topological polar surface area (TPSA) is 79.3 Å². The molecule has 4 rings (SSSR count). The number of methoxy groups -OCH3 is 1. The lowest BCUT2D eigenvalue weighted by Gasteiger charge is -2.28. The first-order valence-corrected chi connectivity index (χ1v) is 13.7. The lowest BCUT2D eigenvalue weighted by atomic mass is 9.91. The maximum absolute atomic E-state index is 13.5. The molecule has 0 bridgehead atoms. The summed E-state index contributed by atoms with van der Waals surface area (Å²) >= 11 is 0. The van der Waals surface area contributed by atoms with Gasteiger partial charge in [0.15, 0.2) is 0 Å². The second-order valence-corrected chi connectivity index (χ2v) is 10.4. The molecule has 2 aromatic rings. The SMILES string of the molecule is CCN(CC)c1ccc(C2/C(=C(\O)c3cc(C(C)C)c(OC)cc3C)C(=O)C(=O)N2CC2CCCO2)cc1. The van der Waals surface area contributed by atoms with Crippen LogP contribution in [0.5, 0.6) is 5.75 Å². The fraction of sp³-hybridized carbons (Fsp3) is 0.484. The van der Waals surface area contributed by atoms with Crippen molar-refractivity contribution in [2.45, 2.75) is 65.5 Å². The molecule has 38 heavy (non-hydrogen) atoms. The molecule has 0 aliphatic carbocycles. The zero-order chi connectivity index (χ0) is 27.6. The van der Waals surface area contributed by atoms with Crippen molar-refractivity contribution in [2.24, 2.45) is 0 Å². The number of Topliss-reactive ketones (excluding diaryl/α,β-unsaturated/α-hetero) is 1. The standard InChI is InChI=1S/C31H40N2O5/c1-7-32(8-2)22-13-11-21(12-14-22)28-27(30(35)31(36)33(28)18-23-10-9-15-38-23)29(34)25-17-24(19(3)4)26(37-6)16-20(25)5/h11-14,16-17,19,23,28,34H,7-10,15,18H2,1-6H3/b29-27+. The van der Waals surface area contributed by atoms with Gasteiger partial charge < -0.3 is 24.4 Å². The summed E-state index contributed by atoms with van der Waals surface area (Å²) in [5.41, 5.74) is 4.20. The fourth-order valence-corrected chi connectivity index (χ4v) is 5.61.